The molecule has 2 aliphatic heterocycles. The number of hydrogen-bond acceptors (Lipinski definition) is 3. The van der Waals surface area contributed by atoms with Gasteiger partial charge in [-0.15, -0.1) is 13.2 Å². The number of alkyl halides is 3. The van der Waals surface area contributed by atoms with Gasteiger partial charge in [-0.2, -0.15) is 13.2 Å². The van der Waals surface area contributed by atoms with Crippen molar-refractivity contribution in [3.8, 4) is 0 Å². The zero-order chi connectivity index (χ0) is 28.5. The minimum atomic E-state index is -4.58. The van der Waals surface area contributed by atoms with Gasteiger partial charge in [0.25, 0.3) is 0 Å². The van der Waals surface area contributed by atoms with Crippen molar-refractivity contribution in [1.82, 2.24) is 19.7 Å². The topological polar surface area (TPSA) is 56.8 Å². The Bertz CT molecular complexity index is 1270. The number of carbonyl (C=O) groups excluding carboxylic acids is 2. The van der Waals surface area contributed by atoms with Gasteiger partial charge < -0.3 is 14.7 Å². The Morgan fingerprint density at radius 3 is 2.44 bits per heavy atom. The van der Waals surface area contributed by atoms with E-state index in [2.05, 4.69) is 18.1 Å². The quantitative estimate of drug-likeness (QED) is 0.401. The zero-order valence-corrected chi connectivity index (χ0v) is 22.7. The van der Waals surface area contributed by atoms with Crippen molar-refractivity contribution in [2.45, 2.75) is 57.9 Å². The number of nitrogens with zero attached hydrogens (tertiary/aromatic N) is 4. The number of benzene rings is 1. The van der Waals surface area contributed by atoms with Crippen molar-refractivity contribution < 1.29 is 22.8 Å². The standard InChI is InChI=1S/C30H35F3N4O2/c1-6-12-29(13-7-2)18-24-26(23-11-9-8-10-21(23)4)37(15-14-36(24)27(29)38)28(39)35(5)19-22-16-20(3)17-25(34-22)30(31,32)33/h6-11,16-17,24,26H,1-2,12-15,18-19H2,3-5H3. The molecule has 0 N–H and O–H groups in total. The third kappa shape index (κ3) is 5.44. The maximum atomic E-state index is 13.9. The van der Waals surface area contributed by atoms with E-state index in [9.17, 15) is 22.8 Å². The maximum absolute atomic E-state index is 13.9. The first-order valence-corrected chi connectivity index (χ1v) is 13.1. The summed E-state index contributed by atoms with van der Waals surface area (Å²) in [5.41, 5.74) is 0.899. The lowest BCUT2D eigenvalue weighted by molar-refractivity contribution is -0.141. The summed E-state index contributed by atoms with van der Waals surface area (Å²) in [6.07, 6.45) is 0.533. The van der Waals surface area contributed by atoms with E-state index in [4.69, 9.17) is 0 Å². The molecule has 9 heteroatoms. The molecule has 2 aromatic rings. The number of aromatic nitrogens is 1. The molecule has 3 amide bonds. The summed E-state index contributed by atoms with van der Waals surface area (Å²) in [6.45, 7) is 11.9. The number of amides is 3. The van der Waals surface area contributed by atoms with Gasteiger partial charge in [0.1, 0.15) is 5.69 Å². The summed E-state index contributed by atoms with van der Waals surface area (Å²) >= 11 is 0. The van der Waals surface area contributed by atoms with Crippen LogP contribution in [0.5, 0.6) is 0 Å². The third-order valence-corrected chi connectivity index (χ3v) is 7.86. The highest BCUT2D eigenvalue weighted by molar-refractivity contribution is 5.87. The normalized spacial score (nSPS) is 20.5. The Morgan fingerprint density at radius 1 is 1.15 bits per heavy atom. The van der Waals surface area contributed by atoms with Crippen LogP contribution in [0.1, 0.15) is 53.4 Å². The summed E-state index contributed by atoms with van der Waals surface area (Å²) in [6, 6.07) is 9.38. The molecule has 2 fully saturated rings. The Kier molecular flexibility index (Phi) is 7.91. The molecule has 208 valence electrons. The number of fused-ring (bicyclic) bond motifs is 1. The number of pyridine rings is 1. The lowest BCUT2D eigenvalue weighted by Gasteiger charge is -2.46. The third-order valence-electron chi connectivity index (χ3n) is 7.86. The summed E-state index contributed by atoms with van der Waals surface area (Å²) < 4.78 is 40.0. The number of piperazine rings is 1. The average molecular weight is 541 g/mol. The molecule has 2 aliphatic rings. The van der Waals surface area contributed by atoms with Crippen LogP contribution in [0.3, 0.4) is 0 Å². The minimum absolute atomic E-state index is 0.0509. The Balaban J connectivity index is 1.68. The zero-order valence-electron chi connectivity index (χ0n) is 22.7. The first-order chi connectivity index (χ1) is 18.4. The van der Waals surface area contributed by atoms with Crippen LogP contribution in [0.2, 0.25) is 0 Å². The van der Waals surface area contributed by atoms with Gasteiger partial charge in [-0.3, -0.25) is 4.79 Å². The first-order valence-electron chi connectivity index (χ1n) is 13.1. The molecule has 39 heavy (non-hydrogen) atoms. The lowest BCUT2D eigenvalue weighted by atomic mass is 9.76. The molecular weight excluding hydrogens is 505 g/mol. The fraction of sp³-hybridized carbons (Fsp3) is 0.433. The van der Waals surface area contributed by atoms with Gasteiger partial charge in [0, 0.05) is 20.1 Å². The Hall–Kier alpha value is -3.62. The monoisotopic (exact) mass is 540 g/mol. The van der Waals surface area contributed by atoms with Gasteiger partial charge >= 0.3 is 12.2 Å². The second-order valence-corrected chi connectivity index (χ2v) is 10.7. The van der Waals surface area contributed by atoms with Gasteiger partial charge in [-0.05, 0) is 61.9 Å². The highest BCUT2D eigenvalue weighted by Crippen LogP contribution is 2.49. The van der Waals surface area contributed by atoms with Crippen LogP contribution >= 0.6 is 0 Å². The van der Waals surface area contributed by atoms with Crippen molar-refractivity contribution in [2.75, 3.05) is 20.1 Å². The second kappa shape index (κ2) is 10.9. The van der Waals surface area contributed by atoms with Crippen LogP contribution in [0.15, 0.2) is 61.7 Å². The minimum Gasteiger partial charge on any atom is -0.335 e. The van der Waals surface area contributed by atoms with E-state index < -0.39 is 23.3 Å². The smallest absolute Gasteiger partial charge is 0.335 e. The van der Waals surface area contributed by atoms with Crippen LogP contribution in [-0.4, -0.2) is 57.8 Å². The summed E-state index contributed by atoms with van der Waals surface area (Å²) in [5.74, 6) is 0.0509. The lowest BCUT2D eigenvalue weighted by Crippen LogP contribution is -2.57. The van der Waals surface area contributed by atoms with E-state index in [1.54, 1.807) is 37.1 Å². The van der Waals surface area contributed by atoms with E-state index in [0.29, 0.717) is 37.9 Å². The molecule has 2 saturated heterocycles. The molecule has 1 aromatic carbocycles. The van der Waals surface area contributed by atoms with Crippen molar-refractivity contribution in [1.29, 1.82) is 0 Å². The van der Waals surface area contributed by atoms with Crippen molar-refractivity contribution in [3.63, 3.8) is 0 Å². The van der Waals surface area contributed by atoms with Gasteiger partial charge in [-0.25, -0.2) is 9.78 Å². The number of urea groups is 1. The second-order valence-electron chi connectivity index (χ2n) is 10.7. The predicted octanol–water partition coefficient (Wildman–Crippen LogP) is 6.07. The van der Waals surface area contributed by atoms with Crippen LogP contribution in [-0.2, 0) is 17.5 Å². The average Bonchev–Trinajstić information content (AvgIpc) is 3.14. The molecule has 0 saturated carbocycles. The van der Waals surface area contributed by atoms with Gasteiger partial charge in [0.15, 0.2) is 0 Å². The SMILES string of the molecule is C=CCC1(CC=C)CC2C(c3ccccc3C)N(C(=O)N(C)Cc3cc(C)cc(C(F)(F)F)n3)CCN2C1=O. The molecule has 3 heterocycles. The van der Waals surface area contributed by atoms with Gasteiger partial charge in [0.2, 0.25) is 5.91 Å². The van der Waals surface area contributed by atoms with Gasteiger partial charge in [0.05, 0.1) is 29.7 Å². The molecule has 6 nitrogen and oxygen atoms in total. The molecule has 0 spiro atoms. The highest BCUT2D eigenvalue weighted by atomic mass is 19.4. The summed E-state index contributed by atoms with van der Waals surface area (Å²) in [7, 11) is 1.57. The molecule has 2 atom stereocenters. The molecule has 1 aromatic heterocycles. The van der Waals surface area contributed by atoms with Crippen LogP contribution in [0, 0.1) is 19.3 Å². The number of rotatable bonds is 7. The van der Waals surface area contributed by atoms with E-state index in [-0.39, 0.29) is 30.2 Å². The molecule has 2 unspecified atom stereocenters. The Labute approximate surface area is 227 Å². The maximum Gasteiger partial charge on any atom is 0.433 e. The number of halogens is 3. The van der Waals surface area contributed by atoms with E-state index in [0.717, 1.165) is 17.2 Å². The van der Waals surface area contributed by atoms with Crippen molar-refractivity contribution in [3.05, 3.63) is 89.8 Å². The summed E-state index contributed by atoms with van der Waals surface area (Å²) in [4.78, 5) is 36.5. The molecule has 0 aliphatic carbocycles. The fourth-order valence-electron chi connectivity index (χ4n) is 6.15. The molecular formula is C30H35F3N4O2. The largest absolute Gasteiger partial charge is 0.433 e. The number of allylic oxidation sites excluding steroid dienone is 2. The van der Waals surface area contributed by atoms with Gasteiger partial charge in [-0.1, -0.05) is 36.4 Å². The molecule has 4 rings (SSSR count). The predicted molar refractivity (Wildman–Crippen MR) is 144 cm³/mol. The van der Waals surface area contributed by atoms with Crippen LogP contribution < -0.4 is 0 Å². The summed E-state index contributed by atoms with van der Waals surface area (Å²) in [5, 5.41) is 0. The number of aryl methyl sites for hydroxylation is 2. The number of hydrogen-bond donors (Lipinski definition) is 0. The van der Waals surface area contributed by atoms with E-state index in [1.807, 2.05) is 36.1 Å². The van der Waals surface area contributed by atoms with Crippen LogP contribution in [0.25, 0.3) is 0 Å². The van der Waals surface area contributed by atoms with Crippen molar-refractivity contribution >= 4 is 11.9 Å². The van der Waals surface area contributed by atoms with E-state index >= 15 is 0 Å². The fourth-order valence-corrected chi connectivity index (χ4v) is 6.15. The van der Waals surface area contributed by atoms with Crippen LogP contribution in [0.4, 0.5) is 18.0 Å². The van der Waals surface area contributed by atoms with E-state index in [1.165, 1.54) is 4.90 Å². The first kappa shape index (κ1) is 28.4. The highest BCUT2D eigenvalue weighted by Gasteiger charge is 2.56. The molecule has 0 radical (unpaired) electrons. The number of carbonyl (C=O) groups is 2. The Morgan fingerprint density at radius 2 is 1.82 bits per heavy atom. The molecule has 0 bridgehead atoms. The van der Waals surface area contributed by atoms with Crippen molar-refractivity contribution in [2.24, 2.45) is 5.41 Å².